The molecule has 0 amide bonds. The molecule has 0 aromatic rings. The van der Waals surface area contributed by atoms with Crippen LogP contribution in [-0.4, -0.2) is 47.7 Å². The van der Waals surface area contributed by atoms with Crippen molar-refractivity contribution in [2.75, 3.05) is 13.2 Å². The van der Waals surface area contributed by atoms with E-state index in [1.54, 1.807) is 6.92 Å². The summed E-state index contributed by atoms with van der Waals surface area (Å²) in [7, 11) is 0. The molecule has 0 rings (SSSR count). The van der Waals surface area contributed by atoms with E-state index < -0.39 is 15.4 Å². The van der Waals surface area contributed by atoms with Crippen molar-refractivity contribution in [1.82, 2.24) is 0 Å². The molecule has 0 N–H and O–H groups in total. The number of hydrogen-bond donors (Lipinski definition) is 0. The summed E-state index contributed by atoms with van der Waals surface area (Å²) in [5, 5.41) is 0. The Balaban J connectivity index is 4.13. The third kappa shape index (κ3) is 6.29. The average molecular weight is 348 g/mol. The summed E-state index contributed by atoms with van der Waals surface area (Å²) in [6.07, 6.45) is 3.57. The fraction of sp³-hybridized carbons (Fsp3) is 0.833. The van der Waals surface area contributed by atoms with Crippen molar-refractivity contribution in [3.05, 3.63) is 0 Å². The molecule has 0 aromatic heterocycles. The number of rotatable bonds is 8. The van der Waals surface area contributed by atoms with Crippen molar-refractivity contribution in [3.8, 4) is 0 Å². The Morgan fingerprint density at radius 1 is 1.00 bits per heavy atom. The van der Waals surface area contributed by atoms with Gasteiger partial charge in [0.1, 0.15) is 0 Å². The van der Waals surface area contributed by atoms with E-state index in [4.69, 9.17) is 9.47 Å². The van der Waals surface area contributed by atoms with E-state index in [1.807, 2.05) is 13.8 Å². The van der Waals surface area contributed by atoms with Crippen LogP contribution in [0.4, 0.5) is 0 Å². The second-order valence-electron chi connectivity index (χ2n) is 4.10. The predicted octanol–water partition coefficient (Wildman–Crippen LogP) is 2.02. The number of esters is 2. The van der Waals surface area contributed by atoms with Gasteiger partial charge in [0.15, 0.2) is 0 Å². The maximum atomic E-state index is 11.7. The zero-order valence-corrected chi connectivity index (χ0v) is 13.7. The zero-order valence-electron chi connectivity index (χ0n) is 10.9. The summed E-state index contributed by atoms with van der Waals surface area (Å²) in [4.78, 5) is 23.4. The third-order valence-electron chi connectivity index (χ3n) is 2.28. The van der Waals surface area contributed by atoms with E-state index >= 15 is 0 Å². The van der Waals surface area contributed by atoms with E-state index in [2.05, 4.69) is 0 Å². The fourth-order valence-corrected chi connectivity index (χ4v) is 1.40. The molecule has 4 nitrogen and oxygen atoms in total. The Hall–Kier alpha value is -0.261. The molecular weight excluding hydrogens is 327 g/mol. The molecule has 0 spiro atoms. The first-order valence-electron chi connectivity index (χ1n) is 6.06. The van der Waals surface area contributed by atoms with Gasteiger partial charge in [0.2, 0.25) is 0 Å². The van der Waals surface area contributed by atoms with Gasteiger partial charge in [0.25, 0.3) is 0 Å². The fourth-order valence-electron chi connectivity index (χ4n) is 0.990. The average Bonchev–Trinajstić information content (AvgIpc) is 2.29. The Morgan fingerprint density at radius 3 is 1.65 bits per heavy atom. The third-order valence-corrected chi connectivity index (χ3v) is 3.44. The molecule has 0 aliphatic heterocycles. The first-order chi connectivity index (χ1) is 7.96. The molecule has 0 atom stereocenters. The summed E-state index contributed by atoms with van der Waals surface area (Å²) in [6.45, 7) is 6.37. The quantitative estimate of drug-likeness (QED) is 0.292. The second kappa shape index (κ2) is 8.78. The Bertz CT molecular complexity index is 227. The van der Waals surface area contributed by atoms with Crippen molar-refractivity contribution in [2.24, 2.45) is 0 Å². The van der Waals surface area contributed by atoms with Crippen LogP contribution in [0.25, 0.3) is 0 Å². The van der Waals surface area contributed by atoms with Gasteiger partial charge in [-0.25, -0.2) is 0 Å². The molecule has 5 heteroatoms. The molecular formula is C12H21O4Sn. The molecule has 3 radical (unpaired) electrons. The van der Waals surface area contributed by atoms with E-state index in [1.165, 1.54) is 0 Å². The molecule has 0 aliphatic carbocycles. The van der Waals surface area contributed by atoms with E-state index in [0.717, 1.165) is 48.2 Å². The molecule has 0 fully saturated rings. The van der Waals surface area contributed by atoms with Crippen LogP contribution < -0.4 is 0 Å². The summed E-state index contributed by atoms with van der Waals surface area (Å²) in [5.74, 6) is -0.934. The second-order valence-corrected chi connectivity index (χ2v) is 6.96. The topological polar surface area (TPSA) is 52.6 Å². The van der Waals surface area contributed by atoms with Gasteiger partial charge in [-0.2, -0.15) is 0 Å². The molecule has 0 aromatic carbocycles. The minimum absolute atomic E-state index is 0.377. The number of carbonyl (C=O) groups is 2. The van der Waals surface area contributed by atoms with Gasteiger partial charge in [-0.05, 0) is 0 Å². The number of hydrogen-bond acceptors (Lipinski definition) is 4. The Morgan fingerprint density at radius 2 is 1.35 bits per heavy atom. The summed E-state index contributed by atoms with van der Waals surface area (Å²) < 4.78 is 9.00. The predicted molar refractivity (Wildman–Crippen MR) is 65.9 cm³/mol. The first kappa shape index (κ1) is 16.7. The number of unbranched alkanes of at least 4 members (excludes halogenated alkanes) is 2. The molecule has 0 saturated heterocycles. The van der Waals surface area contributed by atoms with Crippen LogP contribution in [0.1, 0.15) is 46.5 Å². The van der Waals surface area contributed by atoms with E-state index in [9.17, 15) is 9.59 Å². The molecule has 0 heterocycles. The van der Waals surface area contributed by atoms with Crippen LogP contribution in [0.5, 0.6) is 0 Å². The maximum absolute atomic E-state index is 11.7. The van der Waals surface area contributed by atoms with Gasteiger partial charge in [-0.15, -0.1) is 0 Å². The van der Waals surface area contributed by atoms with E-state index in [-0.39, 0.29) is 0 Å². The molecule has 0 aliphatic rings. The molecule has 97 valence electrons. The summed E-state index contributed by atoms with van der Waals surface area (Å²) in [6, 6.07) is 0. The van der Waals surface area contributed by atoms with Crippen LogP contribution >= 0.6 is 0 Å². The SMILES string of the molecule is CCCCOC(=O)[C](C)([Sn])C(=O)OCCCC. The van der Waals surface area contributed by atoms with Crippen molar-refractivity contribution < 1.29 is 19.1 Å². The standard InChI is InChI=1S/C12H21O4.Sn/c1-4-6-8-15-11(13)10(3)12(14)16-9-7-5-2;/h4-9H2,1-3H3;. The van der Waals surface area contributed by atoms with Gasteiger partial charge < -0.3 is 0 Å². The molecule has 0 bridgehead atoms. The first-order valence-corrected chi connectivity index (χ1v) is 7.49. The van der Waals surface area contributed by atoms with Crippen LogP contribution in [0, 0.1) is 0 Å². The number of carbonyl (C=O) groups excluding carboxylic acids is 2. The Labute approximate surface area is 117 Å². The monoisotopic (exact) mass is 349 g/mol. The zero-order chi connectivity index (χ0) is 13.3. The molecule has 0 unspecified atom stereocenters. The van der Waals surface area contributed by atoms with Gasteiger partial charge in [0, 0.05) is 0 Å². The van der Waals surface area contributed by atoms with Crippen molar-refractivity contribution in [3.63, 3.8) is 0 Å². The normalized spacial score (nSPS) is 11.1. The van der Waals surface area contributed by atoms with Gasteiger partial charge in [0.05, 0.1) is 0 Å². The van der Waals surface area contributed by atoms with Crippen LogP contribution in [0.15, 0.2) is 0 Å². The number of ether oxygens (including phenoxy) is 2. The van der Waals surface area contributed by atoms with Crippen molar-refractivity contribution in [2.45, 2.75) is 49.9 Å². The van der Waals surface area contributed by atoms with Crippen molar-refractivity contribution >= 4 is 34.5 Å². The summed E-state index contributed by atoms with van der Waals surface area (Å²) in [5.41, 5.74) is 0. The minimum atomic E-state index is -1.12. The van der Waals surface area contributed by atoms with E-state index in [0.29, 0.717) is 13.2 Å². The van der Waals surface area contributed by atoms with Crippen LogP contribution in [-0.2, 0) is 19.1 Å². The van der Waals surface area contributed by atoms with Crippen LogP contribution in [0.2, 0.25) is 3.43 Å². The molecule has 0 saturated carbocycles. The molecule has 17 heavy (non-hydrogen) atoms. The van der Waals surface area contributed by atoms with Crippen molar-refractivity contribution in [1.29, 1.82) is 0 Å². The summed E-state index contributed by atoms with van der Waals surface area (Å²) >= 11 is 0.803. The Kier molecular flexibility index (Phi) is 8.64. The van der Waals surface area contributed by atoms with Gasteiger partial charge in [-0.3, -0.25) is 0 Å². The van der Waals surface area contributed by atoms with Crippen LogP contribution in [0.3, 0.4) is 0 Å². The van der Waals surface area contributed by atoms with Gasteiger partial charge in [-0.1, -0.05) is 0 Å². The van der Waals surface area contributed by atoms with Gasteiger partial charge >= 0.3 is 117 Å².